The van der Waals surface area contributed by atoms with Crippen LogP contribution in [0.3, 0.4) is 0 Å². The first-order chi connectivity index (χ1) is 9.38. The Morgan fingerprint density at radius 1 is 1.24 bits per heavy atom. The maximum atomic E-state index is 12.4. The molecule has 7 heteroatoms. The number of ketones is 2. The minimum absolute atomic E-state index is 0. The monoisotopic (exact) mass is 308 g/mol. The molecule has 109 valence electrons. The minimum Gasteiger partial charge on any atom is -0.299 e. The average molecular weight is 308 g/mol. The summed E-state index contributed by atoms with van der Waals surface area (Å²) in [5, 5.41) is 0. The number of rotatable bonds is 3. The average Bonchev–Trinajstić information content (AvgIpc) is 2.40. The molecular formula is C14H14F3NNaO2. The van der Waals surface area contributed by atoms with E-state index in [0.29, 0.717) is 13.1 Å². The van der Waals surface area contributed by atoms with Crippen molar-refractivity contribution in [2.24, 2.45) is 5.92 Å². The standard InChI is InChI=1S/C14H14F3NO2.Na/c15-14(16,17)13(20)11-9-18(7-6-12(11)19)8-10-4-2-1-3-5-10;/h1-5,11H,6-9H2;. The van der Waals surface area contributed by atoms with E-state index in [1.807, 2.05) is 30.3 Å². The van der Waals surface area contributed by atoms with Gasteiger partial charge in [-0.3, -0.25) is 14.5 Å². The summed E-state index contributed by atoms with van der Waals surface area (Å²) in [5.41, 5.74) is 0.944. The zero-order valence-electron chi connectivity index (χ0n) is 11.7. The van der Waals surface area contributed by atoms with Gasteiger partial charge in [0, 0.05) is 55.6 Å². The van der Waals surface area contributed by atoms with Crippen LogP contribution >= 0.6 is 0 Å². The van der Waals surface area contributed by atoms with Crippen molar-refractivity contribution < 1.29 is 22.8 Å². The molecule has 1 radical (unpaired) electrons. The van der Waals surface area contributed by atoms with Crippen molar-refractivity contribution in [2.45, 2.75) is 19.1 Å². The number of likely N-dealkylation sites (tertiary alicyclic amines) is 1. The van der Waals surface area contributed by atoms with E-state index < -0.39 is 23.7 Å². The number of nitrogens with zero attached hydrogens (tertiary/aromatic N) is 1. The third kappa shape index (κ3) is 4.92. The normalized spacial score (nSPS) is 20.0. The van der Waals surface area contributed by atoms with E-state index >= 15 is 0 Å². The van der Waals surface area contributed by atoms with Crippen LogP contribution in [0, 0.1) is 5.92 Å². The molecule has 3 nitrogen and oxygen atoms in total. The quantitative estimate of drug-likeness (QED) is 0.631. The molecule has 0 bridgehead atoms. The zero-order valence-corrected chi connectivity index (χ0v) is 13.7. The van der Waals surface area contributed by atoms with Gasteiger partial charge in [-0.05, 0) is 5.56 Å². The molecule has 1 heterocycles. The van der Waals surface area contributed by atoms with Crippen molar-refractivity contribution in [1.82, 2.24) is 4.90 Å². The van der Waals surface area contributed by atoms with Crippen LogP contribution in [-0.2, 0) is 16.1 Å². The molecule has 1 unspecified atom stereocenters. The Balaban J connectivity index is 0.00000220. The molecule has 1 atom stereocenters. The maximum Gasteiger partial charge on any atom is 0.450 e. The maximum absolute atomic E-state index is 12.4. The van der Waals surface area contributed by atoms with Gasteiger partial charge in [0.25, 0.3) is 0 Å². The number of halogens is 3. The largest absolute Gasteiger partial charge is 0.450 e. The second-order valence-electron chi connectivity index (χ2n) is 4.85. The molecule has 21 heavy (non-hydrogen) atoms. The van der Waals surface area contributed by atoms with Crippen molar-refractivity contribution in [3.05, 3.63) is 35.9 Å². The van der Waals surface area contributed by atoms with Crippen LogP contribution in [0.5, 0.6) is 0 Å². The van der Waals surface area contributed by atoms with Gasteiger partial charge in [-0.25, -0.2) is 0 Å². The first kappa shape index (κ1) is 18.4. The Hall–Kier alpha value is -0.690. The molecule has 1 saturated heterocycles. The summed E-state index contributed by atoms with van der Waals surface area (Å²) in [5.74, 6) is -4.12. The number of piperidine rings is 1. The Morgan fingerprint density at radius 3 is 2.43 bits per heavy atom. The van der Waals surface area contributed by atoms with Crippen molar-refractivity contribution in [1.29, 1.82) is 0 Å². The molecule has 0 spiro atoms. The fourth-order valence-electron chi connectivity index (χ4n) is 2.31. The topological polar surface area (TPSA) is 37.4 Å². The number of Topliss-reactive ketones (excluding diaryl/α,β-unsaturated/α-hetero) is 2. The van der Waals surface area contributed by atoms with Gasteiger partial charge in [-0.15, -0.1) is 0 Å². The van der Waals surface area contributed by atoms with Crippen molar-refractivity contribution in [3.63, 3.8) is 0 Å². The SMILES string of the molecule is O=C1CCN(Cc2ccccc2)CC1C(=O)C(F)(F)F.[Na]. The van der Waals surface area contributed by atoms with Crippen molar-refractivity contribution in [3.8, 4) is 0 Å². The molecule has 0 aliphatic carbocycles. The second-order valence-corrected chi connectivity index (χ2v) is 4.85. The molecule has 1 aromatic carbocycles. The number of benzene rings is 1. The molecule has 1 fully saturated rings. The van der Waals surface area contributed by atoms with Crippen LogP contribution in [0.4, 0.5) is 13.2 Å². The molecule has 0 aromatic heterocycles. The number of hydrogen-bond acceptors (Lipinski definition) is 3. The van der Waals surface area contributed by atoms with E-state index in [9.17, 15) is 22.8 Å². The van der Waals surface area contributed by atoms with Crippen LogP contribution in [-0.4, -0.2) is 65.3 Å². The van der Waals surface area contributed by atoms with Gasteiger partial charge in [-0.2, -0.15) is 13.2 Å². The molecule has 1 aliphatic heterocycles. The van der Waals surface area contributed by atoms with Crippen LogP contribution in [0.1, 0.15) is 12.0 Å². The summed E-state index contributed by atoms with van der Waals surface area (Å²) < 4.78 is 37.3. The number of carbonyl (C=O) groups is 2. The molecule has 2 rings (SSSR count). The Bertz CT molecular complexity index is 505. The Labute approximate surface area is 142 Å². The number of alkyl halides is 3. The number of carbonyl (C=O) groups excluding carboxylic acids is 2. The van der Waals surface area contributed by atoms with Gasteiger partial charge < -0.3 is 0 Å². The molecular weight excluding hydrogens is 294 g/mol. The predicted octanol–water partition coefficient (Wildman–Crippen LogP) is 1.83. The summed E-state index contributed by atoms with van der Waals surface area (Å²) in [6, 6.07) is 9.23. The van der Waals surface area contributed by atoms with Crippen LogP contribution in [0.2, 0.25) is 0 Å². The third-order valence-corrected chi connectivity index (χ3v) is 3.35. The zero-order chi connectivity index (χ0) is 14.8. The van der Waals surface area contributed by atoms with Crippen LogP contribution in [0.15, 0.2) is 30.3 Å². The van der Waals surface area contributed by atoms with E-state index in [4.69, 9.17) is 0 Å². The first-order valence-corrected chi connectivity index (χ1v) is 6.28. The van der Waals surface area contributed by atoms with Gasteiger partial charge in [-0.1, -0.05) is 30.3 Å². The van der Waals surface area contributed by atoms with E-state index in [2.05, 4.69) is 0 Å². The fourth-order valence-corrected chi connectivity index (χ4v) is 2.31. The van der Waals surface area contributed by atoms with E-state index in [1.54, 1.807) is 4.90 Å². The van der Waals surface area contributed by atoms with Crippen LogP contribution in [0.25, 0.3) is 0 Å². The van der Waals surface area contributed by atoms with Gasteiger partial charge in [0.15, 0.2) is 0 Å². The number of hydrogen-bond donors (Lipinski definition) is 0. The summed E-state index contributed by atoms with van der Waals surface area (Å²) in [4.78, 5) is 24.5. The summed E-state index contributed by atoms with van der Waals surface area (Å²) >= 11 is 0. The Kier molecular flexibility index (Phi) is 6.59. The molecule has 1 aliphatic rings. The van der Waals surface area contributed by atoms with Gasteiger partial charge in [0.2, 0.25) is 5.78 Å². The smallest absolute Gasteiger partial charge is 0.299 e. The molecule has 1 aromatic rings. The Morgan fingerprint density at radius 2 is 1.86 bits per heavy atom. The summed E-state index contributed by atoms with van der Waals surface area (Å²) in [6.45, 7) is 0.664. The van der Waals surface area contributed by atoms with E-state index in [0.717, 1.165) is 5.56 Å². The summed E-state index contributed by atoms with van der Waals surface area (Å²) in [7, 11) is 0. The summed E-state index contributed by atoms with van der Waals surface area (Å²) in [6.07, 6.45) is -4.96. The molecule has 0 amide bonds. The van der Waals surface area contributed by atoms with Gasteiger partial charge in [0.1, 0.15) is 5.78 Å². The van der Waals surface area contributed by atoms with E-state index in [1.165, 1.54) is 0 Å². The van der Waals surface area contributed by atoms with Gasteiger partial charge in [0.05, 0.1) is 5.92 Å². The van der Waals surface area contributed by atoms with Crippen molar-refractivity contribution >= 4 is 41.1 Å². The van der Waals surface area contributed by atoms with Gasteiger partial charge >= 0.3 is 6.18 Å². The van der Waals surface area contributed by atoms with Crippen LogP contribution < -0.4 is 0 Å². The first-order valence-electron chi connectivity index (χ1n) is 6.28. The van der Waals surface area contributed by atoms with E-state index in [-0.39, 0.29) is 42.5 Å². The second kappa shape index (κ2) is 7.54. The fraction of sp³-hybridized carbons (Fsp3) is 0.429. The van der Waals surface area contributed by atoms with Crippen molar-refractivity contribution in [2.75, 3.05) is 13.1 Å². The molecule has 0 N–H and O–H groups in total. The molecule has 0 saturated carbocycles. The third-order valence-electron chi connectivity index (χ3n) is 3.35. The predicted molar refractivity (Wildman–Crippen MR) is 71.6 cm³/mol. The minimum atomic E-state index is -4.95.